The number of nitrogens with zero attached hydrogens (tertiary/aromatic N) is 1. The summed E-state index contributed by atoms with van der Waals surface area (Å²) in [4.78, 5) is 4.26. The molecule has 0 saturated heterocycles. The molecular formula is C12H13FN2O. The van der Waals surface area contributed by atoms with Gasteiger partial charge in [0.2, 0.25) is 5.89 Å². The van der Waals surface area contributed by atoms with Crippen LogP contribution < -0.4 is 5.32 Å². The molecule has 2 aromatic rings. The molecular weight excluding hydrogens is 207 g/mol. The minimum atomic E-state index is -0.275. The van der Waals surface area contributed by atoms with E-state index in [1.165, 1.54) is 12.1 Å². The molecule has 84 valence electrons. The van der Waals surface area contributed by atoms with E-state index in [-0.39, 0.29) is 5.82 Å². The molecule has 4 heteroatoms. The van der Waals surface area contributed by atoms with E-state index < -0.39 is 0 Å². The monoisotopic (exact) mass is 220 g/mol. The van der Waals surface area contributed by atoms with Crippen LogP contribution in [0.15, 0.2) is 28.9 Å². The Hall–Kier alpha value is -1.68. The third kappa shape index (κ3) is 2.28. The van der Waals surface area contributed by atoms with Gasteiger partial charge >= 0.3 is 0 Å². The number of aromatic nitrogens is 1. The van der Waals surface area contributed by atoms with Crippen molar-refractivity contribution in [1.29, 1.82) is 0 Å². The predicted octanol–water partition coefficient (Wildman–Crippen LogP) is 2.51. The summed E-state index contributed by atoms with van der Waals surface area (Å²) >= 11 is 0. The van der Waals surface area contributed by atoms with Gasteiger partial charge in [-0.05, 0) is 37.7 Å². The Morgan fingerprint density at radius 1 is 1.38 bits per heavy atom. The number of benzene rings is 1. The molecule has 1 aromatic heterocycles. The van der Waals surface area contributed by atoms with Crippen molar-refractivity contribution in [2.75, 3.05) is 7.05 Å². The van der Waals surface area contributed by atoms with Gasteiger partial charge in [0.05, 0.1) is 5.69 Å². The van der Waals surface area contributed by atoms with Gasteiger partial charge in [0.15, 0.2) is 0 Å². The van der Waals surface area contributed by atoms with Crippen molar-refractivity contribution in [3.05, 3.63) is 41.5 Å². The first-order valence-electron chi connectivity index (χ1n) is 5.05. The maximum Gasteiger partial charge on any atom is 0.226 e. The zero-order valence-corrected chi connectivity index (χ0v) is 9.25. The van der Waals surface area contributed by atoms with Gasteiger partial charge < -0.3 is 9.73 Å². The van der Waals surface area contributed by atoms with E-state index in [1.54, 1.807) is 6.26 Å². The molecule has 3 nitrogen and oxygen atoms in total. The van der Waals surface area contributed by atoms with Crippen LogP contribution in [0.2, 0.25) is 0 Å². The molecule has 0 atom stereocenters. The van der Waals surface area contributed by atoms with Crippen molar-refractivity contribution in [3.63, 3.8) is 0 Å². The minimum Gasteiger partial charge on any atom is -0.444 e. The average Bonchev–Trinajstić information content (AvgIpc) is 2.65. The highest BCUT2D eigenvalue weighted by atomic mass is 19.1. The molecule has 0 fully saturated rings. The number of hydrogen-bond donors (Lipinski definition) is 1. The van der Waals surface area contributed by atoms with Crippen LogP contribution in [0, 0.1) is 12.7 Å². The van der Waals surface area contributed by atoms with Crippen molar-refractivity contribution in [1.82, 2.24) is 10.3 Å². The summed E-state index contributed by atoms with van der Waals surface area (Å²) in [5, 5.41) is 2.97. The fourth-order valence-corrected chi connectivity index (χ4v) is 1.56. The summed E-state index contributed by atoms with van der Waals surface area (Å²) in [6.45, 7) is 2.47. The maximum absolute atomic E-state index is 13.2. The van der Waals surface area contributed by atoms with Gasteiger partial charge in [-0.15, -0.1) is 0 Å². The van der Waals surface area contributed by atoms with Crippen LogP contribution in [0.5, 0.6) is 0 Å². The van der Waals surface area contributed by atoms with Crippen molar-refractivity contribution in [2.45, 2.75) is 13.5 Å². The molecule has 0 amide bonds. The Labute approximate surface area is 93.3 Å². The van der Waals surface area contributed by atoms with E-state index in [1.807, 2.05) is 20.0 Å². The van der Waals surface area contributed by atoms with E-state index in [0.717, 1.165) is 11.3 Å². The fourth-order valence-electron chi connectivity index (χ4n) is 1.56. The van der Waals surface area contributed by atoms with Gasteiger partial charge in [-0.1, -0.05) is 0 Å². The molecule has 0 radical (unpaired) electrons. The maximum atomic E-state index is 13.2. The van der Waals surface area contributed by atoms with E-state index >= 15 is 0 Å². The van der Waals surface area contributed by atoms with Crippen LogP contribution >= 0.6 is 0 Å². The van der Waals surface area contributed by atoms with Crippen LogP contribution in [0.3, 0.4) is 0 Å². The van der Waals surface area contributed by atoms with Gasteiger partial charge in [0.25, 0.3) is 0 Å². The lowest BCUT2D eigenvalue weighted by molar-refractivity contribution is 0.569. The lowest BCUT2D eigenvalue weighted by Crippen LogP contribution is -2.04. The normalized spacial score (nSPS) is 10.7. The highest BCUT2D eigenvalue weighted by Gasteiger charge is 2.07. The highest BCUT2D eigenvalue weighted by molar-refractivity contribution is 5.54. The van der Waals surface area contributed by atoms with Gasteiger partial charge in [-0.25, -0.2) is 9.37 Å². The summed E-state index contributed by atoms with van der Waals surface area (Å²) in [6.07, 6.45) is 1.58. The third-order valence-corrected chi connectivity index (χ3v) is 2.20. The molecule has 1 aromatic carbocycles. The minimum absolute atomic E-state index is 0.275. The summed E-state index contributed by atoms with van der Waals surface area (Å²) in [7, 11) is 1.83. The van der Waals surface area contributed by atoms with Crippen molar-refractivity contribution < 1.29 is 8.81 Å². The predicted molar refractivity (Wildman–Crippen MR) is 59.4 cm³/mol. The van der Waals surface area contributed by atoms with Crippen molar-refractivity contribution >= 4 is 0 Å². The number of hydrogen-bond acceptors (Lipinski definition) is 3. The first-order valence-corrected chi connectivity index (χ1v) is 5.05. The lowest BCUT2D eigenvalue weighted by atomic mass is 10.1. The average molecular weight is 220 g/mol. The summed E-state index contributed by atoms with van der Waals surface area (Å²) in [5.74, 6) is 0.177. The Morgan fingerprint density at radius 2 is 2.19 bits per heavy atom. The van der Waals surface area contributed by atoms with Crippen LogP contribution in [-0.4, -0.2) is 12.0 Å². The van der Waals surface area contributed by atoms with Crippen molar-refractivity contribution in [2.24, 2.45) is 0 Å². The lowest BCUT2D eigenvalue weighted by Gasteiger charge is -1.98. The van der Waals surface area contributed by atoms with E-state index in [9.17, 15) is 4.39 Å². The number of oxazole rings is 1. The van der Waals surface area contributed by atoms with E-state index in [4.69, 9.17) is 4.42 Å². The summed E-state index contributed by atoms with van der Waals surface area (Å²) < 4.78 is 18.5. The van der Waals surface area contributed by atoms with Gasteiger partial charge in [0.1, 0.15) is 12.1 Å². The van der Waals surface area contributed by atoms with Gasteiger partial charge in [-0.2, -0.15) is 0 Å². The van der Waals surface area contributed by atoms with Crippen LogP contribution in [0.1, 0.15) is 11.3 Å². The first kappa shape index (κ1) is 10.8. The van der Waals surface area contributed by atoms with E-state index in [0.29, 0.717) is 18.0 Å². The quantitative estimate of drug-likeness (QED) is 0.863. The fraction of sp³-hybridized carbons (Fsp3) is 0.250. The standard InChI is InChI=1S/C12H13FN2O/c1-8-3-9(5-10(13)4-8)12-15-11(6-14-2)7-16-12/h3-5,7,14H,6H2,1-2H3. The van der Waals surface area contributed by atoms with Crippen LogP contribution in [0.4, 0.5) is 4.39 Å². The Kier molecular flexibility index (Phi) is 3.01. The smallest absolute Gasteiger partial charge is 0.226 e. The number of nitrogens with one attached hydrogen (secondary N) is 1. The molecule has 0 unspecified atom stereocenters. The SMILES string of the molecule is CNCc1coc(-c2cc(C)cc(F)c2)n1. The Morgan fingerprint density at radius 3 is 2.88 bits per heavy atom. The third-order valence-electron chi connectivity index (χ3n) is 2.20. The molecule has 0 aliphatic rings. The Balaban J connectivity index is 2.34. The second-order valence-electron chi connectivity index (χ2n) is 3.69. The molecule has 16 heavy (non-hydrogen) atoms. The molecule has 0 aliphatic heterocycles. The zero-order chi connectivity index (χ0) is 11.5. The van der Waals surface area contributed by atoms with Crippen LogP contribution in [-0.2, 0) is 6.54 Å². The number of halogens is 1. The largest absolute Gasteiger partial charge is 0.444 e. The summed E-state index contributed by atoms with van der Waals surface area (Å²) in [5.41, 5.74) is 2.32. The molecule has 2 rings (SSSR count). The first-order chi connectivity index (χ1) is 7.69. The molecule has 0 bridgehead atoms. The molecule has 0 aliphatic carbocycles. The molecule has 0 spiro atoms. The zero-order valence-electron chi connectivity index (χ0n) is 9.25. The summed E-state index contributed by atoms with van der Waals surface area (Å²) in [6, 6.07) is 4.74. The second kappa shape index (κ2) is 4.45. The molecule has 1 N–H and O–H groups in total. The topological polar surface area (TPSA) is 38.1 Å². The molecule has 1 heterocycles. The van der Waals surface area contributed by atoms with Crippen molar-refractivity contribution in [3.8, 4) is 11.5 Å². The van der Waals surface area contributed by atoms with E-state index in [2.05, 4.69) is 10.3 Å². The Bertz CT molecular complexity index is 473. The van der Waals surface area contributed by atoms with Gasteiger partial charge in [0, 0.05) is 12.1 Å². The number of aryl methyl sites for hydroxylation is 1. The number of rotatable bonds is 3. The molecule has 0 saturated carbocycles. The second-order valence-corrected chi connectivity index (χ2v) is 3.69. The highest BCUT2D eigenvalue weighted by Crippen LogP contribution is 2.21. The van der Waals surface area contributed by atoms with Crippen LogP contribution in [0.25, 0.3) is 11.5 Å². The van der Waals surface area contributed by atoms with Gasteiger partial charge in [-0.3, -0.25) is 0 Å².